The normalized spacial score (nSPS) is 15.1. The Hall–Kier alpha value is -2.38. The van der Waals surface area contributed by atoms with Crippen LogP contribution in [0, 0.1) is 5.82 Å². The van der Waals surface area contributed by atoms with E-state index < -0.39 is 0 Å². The molecular formula is C25H27Cl2FN4S. The first-order chi connectivity index (χ1) is 16.1. The molecule has 4 rings (SSSR count). The molecule has 0 fully saturated rings. The molecule has 1 aliphatic rings. The molecule has 2 N–H and O–H groups in total. The highest BCUT2D eigenvalue weighted by Crippen LogP contribution is 2.31. The zero-order valence-electron chi connectivity index (χ0n) is 18.8. The molecule has 8 heteroatoms. The second kappa shape index (κ2) is 14.0. The van der Waals surface area contributed by atoms with E-state index in [4.69, 9.17) is 28.3 Å². The molecule has 1 atom stereocenters. The standard InChI is InChI=1S/C22H16Cl2FN3S.C2H6.CH5N/c23-17-8-12-19(13-9-17)29-27-22(24)28-14-20(15-4-2-1-3-5-15)21(26-28)16-6-10-18(25)11-7-16;2*1-2/h1-13,20H,14H2;1-2H3;2H2,1H3/b27-22+;;. The second-order valence-corrected chi connectivity index (χ2v) is 8.05. The maximum Gasteiger partial charge on any atom is 0.226 e. The Kier molecular flexibility index (Phi) is 11.4. The Balaban J connectivity index is 0.000000914. The van der Waals surface area contributed by atoms with E-state index in [1.807, 2.05) is 44.2 Å². The maximum atomic E-state index is 13.4. The number of halogens is 3. The van der Waals surface area contributed by atoms with Gasteiger partial charge in [-0.05, 0) is 66.2 Å². The van der Waals surface area contributed by atoms with Gasteiger partial charge < -0.3 is 5.73 Å². The molecule has 0 amide bonds. The van der Waals surface area contributed by atoms with E-state index in [9.17, 15) is 4.39 Å². The molecule has 0 aromatic heterocycles. The molecule has 4 nitrogen and oxygen atoms in total. The Morgan fingerprint density at radius 3 is 2.21 bits per heavy atom. The summed E-state index contributed by atoms with van der Waals surface area (Å²) in [7, 11) is 1.50. The lowest BCUT2D eigenvalue weighted by atomic mass is 9.91. The van der Waals surface area contributed by atoms with Crippen molar-refractivity contribution in [1.29, 1.82) is 0 Å². The van der Waals surface area contributed by atoms with Crippen LogP contribution in [0.2, 0.25) is 5.02 Å². The summed E-state index contributed by atoms with van der Waals surface area (Å²) in [4.78, 5) is 0.925. The Labute approximate surface area is 209 Å². The quantitative estimate of drug-likeness (QED) is 0.177. The number of benzene rings is 3. The van der Waals surface area contributed by atoms with Gasteiger partial charge in [0.2, 0.25) is 5.29 Å². The monoisotopic (exact) mass is 504 g/mol. The van der Waals surface area contributed by atoms with Crippen molar-refractivity contribution in [3.8, 4) is 0 Å². The number of nitrogens with zero attached hydrogens (tertiary/aromatic N) is 3. The zero-order valence-corrected chi connectivity index (χ0v) is 21.1. The van der Waals surface area contributed by atoms with E-state index in [1.54, 1.807) is 29.3 Å². The molecule has 0 bridgehead atoms. The lowest BCUT2D eigenvalue weighted by Gasteiger charge is -2.15. The lowest BCUT2D eigenvalue weighted by molar-refractivity contribution is 0.484. The van der Waals surface area contributed by atoms with E-state index in [2.05, 4.69) is 22.3 Å². The number of hydrazone groups is 1. The predicted molar refractivity (Wildman–Crippen MR) is 141 cm³/mol. The van der Waals surface area contributed by atoms with Gasteiger partial charge in [-0.3, -0.25) is 0 Å². The van der Waals surface area contributed by atoms with Crippen molar-refractivity contribution in [1.82, 2.24) is 5.01 Å². The van der Waals surface area contributed by atoms with Crippen molar-refractivity contribution in [3.63, 3.8) is 0 Å². The van der Waals surface area contributed by atoms with E-state index >= 15 is 0 Å². The van der Waals surface area contributed by atoms with E-state index in [1.165, 1.54) is 31.1 Å². The molecule has 0 aliphatic carbocycles. The van der Waals surface area contributed by atoms with Gasteiger partial charge >= 0.3 is 0 Å². The van der Waals surface area contributed by atoms with Crippen LogP contribution in [0.1, 0.15) is 30.9 Å². The molecule has 0 saturated carbocycles. The SMILES string of the molecule is CC.CN.Fc1ccc(C2=NN(/C(Cl)=N/Sc3ccc(Cl)cc3)CC2c2ccccc2)cc1. The van der Waals surface area contributed by atoms with Gasteiger partial charge in [-0.15, -0.1) is 0 Å². The van der Waals surface area contributed by atoms with Gasteiger partial charge in [-0.2, -0.15) is 9.50 Å². The lowest BCUT2D eigenvalue weighted by Crippen LogP contribution is -2.21. The van der Waals surface area contributed by atoms with Gasteiger partial charge in [0.15, 0.2) is 0 Å². The van der Waals surface area contributed by atoms with Crippen LogP contribution in [0.5, 0.6) is 0 Å². The van der Waals surface area contributed by atoms with Crippen molar-refractivity contribution < 1.29 is 4.39 Å². The maximum absolute atomic E-state index is 13.4. The number of hydrogen-bond donors (Lipinski definition) is 1. The summed E-state index contributed by atoms with van der Waals surface area (Å²) in [5, 5.41) is 7.33. The highest BCUT2D eigenvalue weighted by Gasteiger charge is 2.31. The van der Waals surface area contributed by atoms with Gasteiger partial charge in [0.05, 0.1) is 12.3 Å². The second-order valence-electron chi connectivity index (χ2n) is 6.44. The van der Waals surface area contributed by atoms with Crippen molar-refractivity contribution in [2.45, 2.75) is 24.7 Å². The number of rotatable bonds is 4. The third-order valence-electron chi connectivity index (χ3n) is 4.51. The van der Waals surface area contributed by atoms with Crippen molar-refractivity contribution in [3.05, 3.63) is 101 Å². The fourth-order valence-corrected chi connectivity index (χ4v) is 3.95. The average molecular weight is 505 g/mol. The van der Waals surface area contributed by atoms with Crippen molar-refractivity contribution >= 4 is 46.2 Å². The van der Waals surface area contributed by atoms with Crippen LogP contribution in [0.3, 0.4) is 0 Å². The highest BCUT2D eigenvalue weighted by atomic mass is 35.5. The highest BCUT2D eigenvalue weighted by molar-refractivity contribution is 7.98. The summed E-state index contributed by atoms with van der Waals surface area (Å²) in [5.74, 6) is -0.273. The number of amidine groups is 1. The van der Waals surface area contributed by atoms with E-state index in [-0.39, 0.29) is 17.0 Å². The smallest absolute Gasteiger partial charge is 0.226 e. The van der Waals surface area contributed by atoms with Crippen LogP contribution in [0.15, 0.2) is 93.3 Å². The molecule has 1 aliphatic heterocycles. The van der Waals surface area contributed by atoms with E-state index in [0.717, 1.165) is 21.7 Å². The first-order valence-corrected chi connectivity index (χ1v) is 12.0. The minimum Gasteiger partial charge on any atom is -0.333 e. The van der Waals surface area contributed by atoms with Crippen molar-refractivity contribution in [2.75, 3.05) is 13.6 Å². The first kappa shape index (κ1) is 26.9. The predicted octanol–water partition coefficient (Wildman–Crippen LogP) is 7.19. The summed E-state index contributed by atoms with van der Waals surface area (Å²) < 4.78 is 17.8. The Morgan fingerprint density at radius 2 is 1.61 bits per heavy atom. The molecule has 1 heterocycles. The zero-order chi connectivity index (χ0) is 24.2. The third kappa shape index (κ3) is 7.57. The number of hydrogen-bond acceptors (Lipinski definition) is 4. The molecule has 3 aromatic carbocycles. The minimum absolute atomic E-state index is 0.00569. The largest absolute Gasteiger partial charge is 0.333 e. The summed E-state index contributed by atoms with van der Waals surface area (Å²) in [5.41, 5.74) is 7.31. The van der Waals surface area contributed by atoms with Gasteiger partial charge in [0, 0.05) is 27.8 Å². The summed E-state index contributed by atoms with van der Waals surface area (Å²) >= 11 is 13.6. The van der Waals surface area contributed by atoms with Crippen LogP contribution in [0.25, 0.3) is 0 Å². The van der Waals surface area contributed by atoms with Crippen LogP contribution in [-0.2, 0) is 0 Å². The van der Waals surface area contributed by atoms with Gasteiger partial charge in [-0.1, -0.05) is 67.9 Å². The van der Waals surface area contributed by atoms with Gasteiger partial charge in [-0.25, -0.2) is 9.40 Å². The molecule has 174 valence electrons. The van der Waals surface area contributed by atoms with E-state index in [0.29, 0.717) is 11.6 Å². The Morgan fingerprint density at radius 1 is 1.00 bits per heavy atom. The minimum atomic E-state index is -0.278. The first-order valence-electron chi connectivity index (χ1n) is 10.5. The molecule has 0 saturated heterocycles. The average Bonchev–Trinajstić information content (AvgIpc) is 3.33. The summed E-state index contributed by atoms with van der Waals surface area (Å²) in [6, 6.07) is 23.8. The fourth-order valence-electron chi connectivity index (χ4n) is 3.08. The Bertz CT molecular complexity index is 1040. The molecule has 3 aromatic rings. The van der Waals surface area contributed by atoms with Crippen LogP contribution in [0.4, 0.5) is 4.39 Å². The van der Waals surface area contributed by atoms with Crippen LogP contribution >= 0.6 is 35.1 Å². The third-order valence-corrected chi connectivity index (χ3v) is 5.89. The van der Waals surface area contributed by atoms with Gasteiger partial charge in [0.25, 0.3) is 0 Å². The fraction of sp³-hybridized carbons (Fsp3) is 0.200. The topological polar surface area (TPSA) is 54.0 Å². The molecule has 0 radical (unpaired) electrons. The summed E-state index contributed by atoms with van der Waals surface area (Å²) in [6.07, 6.45) is 0. The molecule has 0 spiro atoms. The molecule has 33 heavy (non-hydrogen) atoms. The molecule has 1 unspecified atom stereocenters. The molecular weight excluding hydrogens is 478 g/mol. The number of nitrogens with two attached hydrogens (primary N) is 1. The van der Waals surface area contributed by atoms with Crippen molar-refractivity contribution in [2.24, 2.45) is 15.2 Å². The van der Waals surface area contributed by atoms with Crippen LogP contribution in [-0.4, -0.2) is 29.6 Å². The summed E-state index contributed by atoms with van der Waals surface area (Å²) in [6.45, 7) is 4.56. The van der Waals surface area contributed by atoms with Crippen LogP contribution < -0.4 is 5.73 Å². The van der Waals surface area contributed by atoms with Gasteiger partial charge in [0.1, 0.15) is 5.82 Å².